The molecule has 1 aliphatic rings. The van der Waals surface area contributed by atoms with Gasteiger partial charge in [0.25, 0.3) is 0 Å². The van der Waals surface area contributed by atoms with Crippen molar-refractivity contribution in [2.45, 2.75) is 45.1 Å². The summed E-state index contributed by atoms with van der Waals surface area (Å²) in [6.07, 6.45) is 5.90. The average Bonchev–Trinajstić information content (AvgIpc) is 2.98. The highest BCUT2D eigenvalue weighted by atomic mass is 16.4. The molecule has 0 radical (unpaired) electrons. The number of fused-ring (bicyclic) bond motifs is 1. The van der Waals surface area contributed by atoms with Gasteiger partial charge < -0.3 is 15.4 Å². The van der Waals surface area contributed by atoms with Crippen LogP contribution < -0.4 is 5.32 Å². The molecule has 0 spiro atoms. The van der Waals surface area contributed by atoms with E-state index in [0.717, 1.165) is 42.1 Å². The van der Waals surface area contributed by atoms with E-state index < -0.39 is 12.0 Å². The maximum Gasteiger partial charge on any atom is 0.326 e. The van der Waals surface area contributed by atoms with Crippen LogP contribution in [0.4, 0.5) is 0 Å². The standard InChI is InChI=1S/C19H24N2O3/c1-12-6-8-13(9-7-12)18(22)21-17(19(23)24)10-14-11-20-16-5-3-2-4-15(14)16/h2-5,11-13,17,20H,6-10H2,1H3,(H,21,22)(H,23,24). The number of hydrogen-bond donors (Lipinski definition) is 3. The smallest absolute Gasteiger partial charge is 0.326 e. The van der Waals surface area contributed by atoms with Crippen molar-refractivity contribution in [3.8, 4) is 0 Å². The molecule has 0 aliphatic heterocycles. The molecule has 1 unspecified atom stereocenters. The Hall–Kier alpha value is -2.30. The number of hydrogen-bond acceptors (Lipinski definition) is 2. The lowest BCUT2D eigenvalue weighted by Gasteiger charge is -2.26. The van der Waals surface area contributed by atoms with Crippen molar-refractivity contribution in [3.63, 3.8) is 0 Å². The molecular weight excluding hydrogens is 304 g/mol. The Morgan fingerprint density at radius 2 is 1.96 bits per heavy atom. The maximum atomic E-state index is 12.4. The lowest BCUT2D eigenvalue weighted by molar-refractivity contribution is -0.142. The Kier molecular flexibility index (Phi) is 4.88. The van der Waals surface area contributed by atoms with E-state index in [1.54, 1.807) is 0 Å². The first-order valence-corrected chi connectivity index (χ1v) is 8.62. The summed E-state index contributed by atoms with van der Waals surface area (Å²) in [5.41, 5.74) is 1.89. The van der Waals surface area contributed by atoms with Gasteiger partial charge in [-0.15, -0.1) is 0 Å². The van der Waals surface area contributed by atoms with Gasteiger partial charge in [0, 0.05) is 29.4 Å². The van der Waals surface area contributed by atoms with Crippen LogP contribution >= 0.6 is 0 Å². The Labute approximate surface area is 141 Å². The number of H-pyrrole nitrogens is 1. The predicted molar refractivity (Wildman–Crippen MR) is 92.7 cm³/mol. The van der Waals surface area contributed by atoms with E-state index in [1.807, 2.05) is 30.5 Å². The third-order valence-electron chi connectivity index (χ3n) is 5.10. The molecule has 1 amide bonds. The summed E-state index contributed by atoms with van der Waals surface area (Å²) in [4.78, 5) is 27.2. The van der Waals surface area contributed by atoms with Crippen molar-refractivity contribution >= 4 is 22.8 Å². The number of benzene rings is 1. The molecule has 1 aromatic carbocycles. The summed E-state index contributed by atoms with van der Waals surface area (Å²) in [6, 6.07) is 6.89. The molecule has 5 nitrogen and oxygen atoms in total. The molecule has 1 saturated carbocycles. The number of nitrogens with one attached hydrogen (secondary N) is 2. The number of aromatic nitrogens is 1. The monoisotopic (exact) mass is 328 g/mol. The molecule has 5 heteroatoms. The molecule has 1 heterocycles. The average molecular weight is 328 g/mol. The van der Waals surface area contributed by atoms with E-state index in [9.17, 15) is 14.7 Å². The van der Waals surface area contributed by atoms with Crippen LogP contribution in [0.15, 0.2) is 30.5 Å². The summed E-state index contributed by atoms with van der Waals surface area (Å²) >= 11 is 0. The minimum Gasteiger partial charge on any atom is -0.480 e. The van der Waals surface area contributed by atoms with Crippen LogP contribution in [-0.4, -0.2) is 28.0 Å². The van der Waals surface area contributed by atoms with Crippen LogP contribution in [0.1, 0.15) is 38.2 Å². The normalized spacial score (nSPS) is 22.2. The van der Waals surface area contributed by atoms with Gasteiger partial charge in [0.15, 0.2) is 0 Å². The van der Waals surface area contributed by atoms with Gasteiger partial charge >= 0.3 is 5.97 Å². The number of carbonyl (C=O) groups is 2. The molecule has 2 aromatic rings. The van der Waals surface area contributed by atoms with Gasteiger partial charge in [0.1, 0.15) is 6.04 Å². The van der Waals surface area contributed by atoms with Crippen molar-refractivity contribution in [1.29, 1.82) is 0 Å². The van der Waals surface area contributed by atoms with Crippen LogP contribution in [0.25, 0.3) is 10.9 Å². The quantitative estimate of drug-likeness (QED) is 0.789. The van der Waals surface area contributed by atoms with E-state index in [2.05, 4.69) is 17.2 Å². The summed E-state index contributed by atoms with van der Waals surface area (Å²) in [5.74, 6) is -0.492. The van der Waals surface area contributed by atoms with Crippen LogP contribution in [0.2, 0.25) is 0 Å². The molecule has 1 atom stereocenters. The van der Waals surface area contributed by atoms with E-state index >= 15 is 0 Å². The topological polar surface area (TPSA) is 82.2 Å². The molecular formula is C19H24N2O3. The Balaban J connectivity index is 1.69. The highest BCUT2D eigenvalue weighted by Crippen LogP contribution is 2.28. The number of carbonyl (C=O) groups excluding carboxylic acids is 1. The number of para-hydroxylation sites is 1. The zero-order valence-corrected chi connectivity index (χ0v) is 13.9. The minimum atomic E-state index is -0.988. The number of rotatable bonds is 5. The largest absolute Gasteiger partial charge is 0.480 e. The van der Waals surface area contributed by atoms with Gasteiger partial charge in [-0.1, -0.05) is 25.1 Å². The number of aromatic amines is 1. The fourth-order valence-electron chi connectivity index (χ4n) is 3.53. The summed E-state index contributed by atoms with van der Waals surface area (Å²) < 4.78 is 0. The van der Waals surface area contributed by atoms with Crippen LogP contribution in [-0.2, 0) is 16.0 Å². The first-order valence-electron chi connectivity index (χ1n) is 8.62. The second-order valence-corrected chi connectivity index (χ2v) is 6.92. The van der Waals surface area contributed by atoms with Crippen molar-refractivity contribution in [2.24, 2.45) is 11.8 Å². The SMILES string of the molecule is CC1CCC(C(=O)NC(Cc2c[nH]c3ccccc23)C(=O)O)CC1. The van der Waals surface area contributed by atoms with Gasteiger partial charge in [-0.3, -0.25) is 4.79 Å². The molecule has 1 aliphatic carbocycles. The zero-order chi connectivity index (χ0) is 17.1. The fourth-order valence-corrected chi connectivity index (χ4v) is 3.53. The number of amides is 1. The van der Waals surface area contributed by atoms with Gasteiger partial charge in [0.05, 0.1) is 0 Å². The maximum absolute atomic E-state index is 12.4. The highest BCUT2D eigenvalue weighted by molar-refractivity contribution is 5.87. The number of carboxylic acids is 1. The molecule has 1 fully saturated rings. The van der Waals surface area contributed by atoms with Gasteiger partial charge in [-0.25, -0.2) is 4.79 Å². The van der Waals surface area contributed by atoms with Crippen molar-refractivity contribution in [3.05, 3.63) is 36.0 Å². The van der Waals surface area contributed by atoms with Crippen molar-refractivity contribution in [1.82, 2.24) is 10.3 Å². The molecule has 0 saturated heterocycles. The molecule has 24 heavy (non-hydrogen) atoms. The van der Waals surface area contributed by atoms with Crippen LogP contribution in [0, 0.1) is 11.8 Å². The summed E-state index contributed by atoms with van der Waals surface area (Å²) in [7, 11) is 0. The third kappa shape index (κ3) is 3.61. The fraction of sp³-hybridized carbons (Fsp3) is 0.474. The second-order valence-electron chi connectivity index (χ2n) is 6.92. The Bertz CT molecular complexity index is 729. The second kappa shape index (κ2) is 7.07. The lowest BCUT2D eigenvalue weighted by Crippen LogP contribution is -2.45. The van der Waals surface area contributed by atoms with Gasteiger partial charge in [-0.2, -0.15) is 0 Å². The highest BCUT2D eigenvalue weighted by Gasteiger charge is 2.28. The first-order chi connectivity index (χ1) is 11.5. The molecule has 128 valence electrons. The lowest BCUT2D eigenvalue weighted by atomic mass is 9.82. The molecule has 3 N–H and O–H groups in total. The molecule has 3 rings (SSSR count). The van der Waals surface area contributed by atoms with E-state index in [-0.39, 0.29) is 18.2 Å². The van der Waals surface area contributed by atoms with Gasteiger partial charge in [-0.05, 0) is 43.2 Å². The van der Waals surface area contributed by atoms with Crippen molar-refractivity contribution < 1.29 is 14.7 Å². The van der Waals surface area contributed by atoms with Crippen molar-refractivity contribution in [2.75, 3.05) is 0 Å². The first kappa shape index (κ1) is 16.6. The predicted octanol–water partition coefficient (Wildman–Crippen LogP) is 3.11. The van der Waals surface area contributed by atoms with Crippen LogP contribution in [0.5, 0.6) is 0 Å². The van der Waals surface area contributed by atoms with E-state index in [0.29, 0.717) is 5.92 Å². The number of aliphatic carboxylic acids is 1. The van der Waals surface area contributed by atoms with E-state index in [1.165, 1.54) is 0 Å². The third-order valence-corrected chi connectivity index (χ3v) is 5.10. The summed E-state index contributed by atoms with van der Waals surface area (Å²) in [6.45, 7) is 2.20. The van der Waals surface area contributed by atoms with Crippen LogP contribution in [0.3, 0.4) is 0 Å². The Morgan fingerprint density at radius 3 is 2.67 bits per heavy atom. The number of carboxylic acid groups (broad SMARTS) is 1. The minimum absolute atomic E-state index is 0.0500. The summed E-state index contributed by atoms with van der Waals surface area (Å²) in [5, 5.41) is 13.3. The van der Waals surface area contributed by atoms with E-state index in [4.69, 9.17) is 0 Å². The van der Waals surface area contributed by atoms with Gasteiger partial charge in [0.2, 0.25) is 5.91 Å². The molecule has 0 bridgehead atoms. The Morgan fingerprint density at radius 1 is 1.25 bits per heavy atom. The zero-order valence-electron chi connectivity index (χ0n) is 13.9. The molecule has 1 aromatic heterocycles.